The van der Waals surface area contributed by atoms with Crippen LogP contribution in [0.5, 0.6) is 0 Å². The molecular weight excluding hydrogens is 228 g/mol. The maximum absolute atomic E-state index is 11.3. The number of nitrogens with zero attached hydrogens (tertiary/aromatic N) is 2. The molecule has 1 aromatic heterocycles. The zero-order valence-electron chi connectivity index (χ0n) is 10.8. The Kier molecular flexibility index (Phi) is 2.63. The van der Waals surface area contributed by atoms with Gasteiger partial charge in [-0.2, -0.15) is 0 Å². The molecule has 2 unspecified atom stereocenters. The van der Waals surface area contributed by atoms with E-state index in [0.29, 0.717) is 24.1 Å². The summed E-state index contributed by atoms with van der Waals surface area (Å²) in [4.78, 5) is 18.3. The molecule has 1 fully saturated rings. The number of pyridine rings is 1. The summed E-state index contributed by atoms with van der Waals surface area (Å²) in [5.74, 6) is -0.857. The fourth-order valence-electron chi connectivity index (χ4n) is 3.37. The van der Waals surface area contributed by atoms with E-state index in [4.69, 9.17) is 0 Å². The number of carbonyl (C=O) groups is 1. The van der Waals surface area contributed by atoms with E-state index in [1.54, 1.807) is 0 Å². The summed E-state index contributed by atoms with van der Waals surface area (Å²) in [6.07, 6.45) is 3.97. The Morgan fingerprint density at radius 1 is 1.56 bits per heavy atom. The number of carboxylic acid groups (broad SMARTS) is 1. The van der Waals surface area contributed by atoms with E-state index >= 15 is 0 Å². The summed E-state index contributed by atoms with van der Waals surface area (Å²) in [6.45, 7) is 1.96. The molecule has 4 heteroatoms. The molecule has 4 nitrogen and oxygen atoms in total. The van der Waals surface area contributed by atoms with Gasteiger partial charge in [0.15, 0.2) is 0 Å². The topological polar surface area (TPSA) is 53.4 Å². The number of fused-ring (bicyclic) bond motifs is 4. The average Bonchev–Trinajstić information content (AvgIpc) is 2.61. The highest BCUT2D eigenvalue weighted by molar-refractivity contribution is 5.89. The standard InChI is InChI=1S/C14H18N2O2/c1-3-11-10(14(17)18)7-9-12(15-11)6-8-4-5-13(9)16(8)2/h7-8,13H,3-6H2,1-2H3,(H,17,18). The zero-order chi connectivity index (χ0) is 12.9. The lowest BCUT2D eigenvalue weighted by Gasteiger charge is -2.33. The molecule has 3 rings (SSSR count). The lowest BCUT2D eigenvalue weighted by Crippen LogP contribution is -2.35. The molecule has 0 saturated carbocycles. The van der Waals surface area contributed by atoms with Crippen LogP contribution in [0.2, 0.25) is 0 Å². The van der Waals surface area contributed by atoms with Crippen LogP contribution in [-0.2, 0) is 12.8 Å². The molecule has 0 aromatic carbocycles. The normalized spacial score (nSPS) is 26.1. The maximum Gasteiger partial charge on any atom is 0.337 e. The van der Waals surface area contributed by atoms with Crippen molar-refractivity contribution in [2.75, 3.05) is 7.05 Å². The van der Waals surface area contributed by atoms with Crippen molar-refractivity contribution in [2.45, 2.75) is 44.7 Å². The number of aryl methyl sites for hydroxylation is 1. The minimum atomic E-state index is -0.857. The molecule has 2 bridgehead atoms. The predicted molar refractivity (Wildman–Crippen MR) is 67.8 cm³/mol. The van der Waals surface area contributed by atoms with E-state index in [-0.39, 0.29) is 0 Å². The van der Waals surface area contributed by atoms with Crippen LogP contribution in [-0.4, -0.2) is 34.0 Å². The highest BCUT2D eigenvalue weighted by Crippen LogP contribution is 2.42. The second-order valence-electron chi connectivity index (χ2n) is 5.29. The van der Waals surface area contributed by atoms with Gasteiger partial charge in [-0.1, -0.05) is 6.92 Å². The Morgan fingerprint density at radius 2 is 2.33 bits per heavy atom. The van der Waals surface area contributed by atoms with Crippen LogP contribution in [0.4, 0.5) is 0 Å². The smallest absolute Gasteiger partial charge is 0.337 e. The van der Waals surface area contributed by atoms with Gasteiger partial charge in [0.25, 0.3) is 0 Å². The Labute approximate surface area is 107 Å². The molecule has 0 spiro atoms. The summed E-state index contributed by atoms with van der Waals surface area (Å²) in [5, 5.41) is 9.28. The molecular formula is C14H18N2O2. The molecule has 2 aliphatic heterocycles. The first-order chi connectivity index (χ1) is 8.61. The Balaban J connectivity index is 2.14. The van der Waals surface area contributed by atoms with Crippen LogP contribution in [0.15, 0.2) is 6.07 Å². The number of hydrogen-bond donors (Lipinski definition) is 1. The number of likely N-dealkylation sites (N-methyl/N-ethyl adjacent to an activating group) is 1. The van der Waals surface area contributed by atoms with E-state index in [0.717, 1.165) is 29.8 Å². The minimum Gasteiger partial charge on any atom is -0.478 e. The van der Waals surface area contributed by atoms with Gasteiger partial charge in [-0.25, -0.2) is 4.79 Å². The van der Waals surface area contributed by atoms with Crippen molar-refractivity contribution in [1.29, 1.82) is 0 Å². The number of hydrogen-bond acceptors (Lipinski definition) is 3. The third kappa shape index (κ3) is 1.56. The SMILES string of the molecule is CCc1nc2c(cc1C(=O)O)C1CCC(C2)N1C. The van der Waals surface area contributed by atoms with Crippen LogP contribution in [0.25, 0.3) is 0 Å². The summed E-state index contributed by atoms with van der Waals surface area (Å²) < 4.78 is 0. The number of carboxylic acids is 1. The molecule has 1 saturated heterocycles. The Morgan fingerprint density at radius 3 is 3.00 bits per heavy atom. The van der Waals surface area contributed by atoms with Crippen molar-refractivity contribution in [3.8, 4) is 0 Å². The van der Waals surface area contributed by atoms with Gasteiger partial charge in [0.2, 0.25) is 0 Å². The average molecular weight is 246 g/mol. The van der Waals surface area contributed by atoms with E-state index in [9.17, 15) is 9.90 Å². The van der Waals surface area contributed by atoms with Crippen molar-refractivity contribution in [3.05, 3.63) is 28.6 Å². The monoisotopic (exact) mass is 246 g/mol. The van der Waals surface area contributed by atoms with E-state index in [1.165, 1.54) is 6.42 Å². The first-order valence-corrected chi connectivity index (χ1v) is 6.59. The van der Waals surface area contributed by atoms with Gasteiger partial charge in [-0.15, -0.1) is 0 Å². The van der Waals surface area contributed by atoms with Crippen molar-refractivity contribution in [1.82, 2.24) is 9.88 Å². The van der Waals surface area contributed by atoms with Gasteiger partial charge in [0.05, 0.1) is 11.3 Å². The molecule has 2 atom stereocenters. The fraction of sp³-hybridized carbons (Fsp3) is 0.571. The Bertz CT molecular complexity index is 513. The van der Waals surface area contributed by atoms with E-state index in [1.807, 2.05) is 13.0 Å². The lowest BCUT2D eigenvalue weighted by molar-refractivity contribution is 0.0694. The largest absolute Gasteiger partial charge is 0.478 e. The molecule has 96 valence electrons. The quantitative estimate of drug-likeness (QED) is 0.867. The summed E-state index contributed by atoms with van der Waals surface area (Å²) in [7, 11) is 2.14. The Hall–Kier alpha value is -1.42. The van der Waals surface area contributed by atoms with Crippen LogP contribution in [0.3, 0.4) is 0 Å². The molecule has 1 N–H and O–H groups in total. The minimum absolute atomic E-state index is 0.371. The van der Waals surface area contributed by atoms with Crippen LogP contribution >= 0.6 is 0 Å². The van der Waals surface area contributed by atoms with Gasteiger partial charge >= 0.3 is 5.97 Å². The van der Waals surface area contributed by atoms with Crippen LogP contribution < -0.4 is 0 Å². The number of aromatic carboxylic acids is 1. The van der Waals surface area contributed by atoms with E-state index in [2.05, 4.69) is 16.9 Å². The first kappa shape index (κ1) is 11.7. The molecule has 2 aliphatic rings. The third-order valence-corrected chi connectivity index (χ3v) is 4.41. The lowest BCUT2D eigenvalue weighted by atomic mass is 9.95. The van der Waals surface area contributed by atoms with Gasteiger partial charge in [-0.05, 0) is 37.9 Å². The van der Waals surface area contributed by atoms with Crippen molar-refractivity contribution >= 4 is 5.97 Å². The number of aromatic nitrogens is 1. The van der Waals surface area contributed by atoms with Crippen molar-refractivity contribution < 1.29 is 9.90 Å². The summed E-state index contributed by atoms with van der Waals surface area (Å²) in [5.41, 5.74) is 3.38. The third-order valence-electron chi connectivity index (χ3n) is 4.41. The second kappa shape index (κ2) is 4.05. The van der Waals surface area contributed by atoms with Gasteiger partial charge < -0.3 is 5.11 Å². The fourth-order valence-corrected chi connectivity index (χ4v) is 3.37. The highest BCUT2D eigenvalue weighted by atomic mass is 16.4. The summed E-state index contributed by atoms with van der Waals surface area (Å²) in [6, 6.07) is 2.83. The molecule has 3 heterocycles. The van der Waals surface area contributed by atoms with Gasteiger partial charge in [0, 0.05) is 24.2 Å². The van der Waals surface area contributed by atoms with E-state index < -0.39 is 5.97 Å². The molecule has 0 radical (unpaired) electrons. The number of rotatable bonds is 2. The molecule has 1 aromatic rings. The van der Waals surface area contributed by atoms with Crippen LogP contribution in [0, 0.1) is 0 Å². The molecule has 0 amide bonds. The summed E-state index contributed by atoms with van der Waals surface area (Å²) >= 11 is 0. The van der Waals surface area contributed by atoms with Crippen molar-refractivity contribution in [2.24, 2.45) is 0 Å². The van der Waals surface area contributed by atoms with Gasteiger partial charge in [0.1, 0.15) is 0 Å². The van der Waals surface area contributed by atoms with Crippen molar-refractivity contribution in [3.63, 3.8) is 0 Å². The highest BCUT2D eigenvalue weighted by Gasteiger charge is 2.38. The van der Waals surface area contributed by atoms with Gasteiger partial charge in [-0.3, -0.25) is 9.88 Å². The molecule has 0 aliphatic carbocycles. The second-order valence-corrected chi connectivity index (χ2v) is 5.29. The molecule has 18 heavy (non-hydrogen) atoms. The first-order valence-electron chi connectivity index (χ1n) is 6.59. The predicted octanol–water partition coefficient (Wildman–Crippen LogP) is 2.03. The maximum atomic E-state index is 11.3. The zero-order valence-corrected chi connectivity index (χ0v) is 10.8. The van der Waals surface area contributed by atoms with Crippen LogP contribution in [0.1, 0.15) is 53.1 Å².